The van der Waals surface area contributed by atoms with Gasteiger partial charge in [-0.1, -0.05) is 0 Å². The highest BCUT2D eigenvalue weighted by atomic mass is 19.1. The van der Waals surface area contributed by atoms with Crippen LogP contribution < -0.4 is 15.0 Å². The van der Waals surface area contributed by atoms with Crippen LogP contribution in [0, 0.1) is 5.82 Å². The molecule has 1 aromatic heterocycles. The van der Waals surface area contributed by atoms with Crippen molar-refractivity contribution in [3.8, 4) is 5.75 Å². The van der Waals surface area contributed by atoms with Crippen LogP contribution in [0.15, 0.2) is 36.7 Å². The number of likely N-dealkylation sites (N-methyl/N-ethyl adjacent to an activating group) is 1. The molecule has 6 nitrogen and oxygen atoms in total. The number of hydrogen-bond acceptors (Lipinski definition) is 5. The van der Waals surface area contributed by atoms with Crippen molar-refractivity contribution >= 4 is 11.6 Å². The largest absolute Gasteiger partial charge is 0.496 e. The maximum Gasteiger partial charge on any atom is 0.251 e. The van der Waals surface area contributed by atoms with Crippen LogP contribution in [0.3, 0.4) is 0 Å². The Hall–Kier alpha value is -2.67. The van der Waals surface area contributed by atoms with Gasteiger partial charge in [0, 0.05) is 56.2 Å². The van der Waals surface area contributed by atoms with Gasteiger partial charge in [0.25, 0.3) is 5.91 Å². The van der Waals surface area contributed by atoms with Crippen molar-refractivity contribution in [2.24, 2.45) is 0 Å². The van der Waals surface area contributed by atoms with Gasteiger partial charge in [-0.05, 0) is 31.3 Å². The number of pyridine rings is 1. The van der Waals surface area contributed by atoms with Crippen LogP contribution >= 0.6 is 0 Å². The standard InChI is InChI=1S/C19H23FN4O2/c1-23-7-9-24(10-8-23)17-4-3-14(11-16(17)20)19(25)22-13-15-12-21-6-5-18(15)26-2/h3-6,11-12H,7-10,13H2,1-2H3,(H,22,25). The van der Waals surface area contributed by atoms with Crippen molar-refractivity contribution in [2.45, 2.75) is 6.54 Å². The molecule has 0 aliphatic carbocycles. The first kappa shape index (κ1) is 18.1. The van der Waals surface area contributed by atoms with Crippen LogP contribution in [0.4, 0.5) is 10.1 Å². The molecule has 2 heterocycles. The van der Waals surface area contributed by atoms with Crippen molar-refractivity contribution in [1.29, 1.82) is 0 Å². The number of halogens is 1. The van der Waals surface area contributed by atoms with Gasteiger partial charge >= 0.3 is 0 Å². The zero-order valence-corrected chi connectivity index (χ0v) is 15.0. The predicted molar refractivity (Wildman–Crippen MR) is 98.1 cm³/mol. The molecule has 0 spiro atoms. The third-order valence-corrected chi connectivity index (χ3v) is 4.57. The second-order valence-electron chi connectivity index (χ2n) is 6.33. The lowest BCUT2D eigenvalue weighted by atomic mass is 10.1. The summed E-state index contributed by atoms with van der Waals surface area (Å²) < 4.78 is 19.7. The van der Waals surface area contributed by atoms with Gasteiger partial charge in [0.2, 0.25) is 0 Å². The highest BCUT2D eigenvalue weighted by molar-refractivity contribution is 5.94. The van der Waals surface area contributed by atoms with Crippen molar-refractivity contribution in [3.05, 3.63) is 53.6 Å². The average Bonchev–Trinajstić information content (AvgIpc) is 2.67. The monoisotopic (exact) mass is 358 g/mol. The maximum atomic E-state index is 14.5. The summed E-state index contributed by atoms with van der Waals surface area (Å²) in [5.41, 5.74) is 1.60. The summed E-state index contributed by atoms with van der Waals surface area (Å²) in [7, 11) is 3.62. The summed E-state index contributed by atoms with van der Waals surface area (Å²) in [6, 6.07) is 6.36. The van der Waals surface area contributed by atoms with E-state index in [1.165, 1.54) is 6.07 Å². The third-order valence-electron chi connectivity index (χ3n) is 4.57. The summed E-state index contributed by atoms with van der Waals surface area (Å²) in [6.07, 6.45) is 3.26. The average molecular weight is 358 g/mol. The molecule has 1 N–H and O–H groups in total. The molecule has 1 amide bonds. The Morgan fingerprint density at radius 1 is 1.27 bits per heavy atom. The summed E-state index contributed by atoms with van der Waals surface area (Å²) in [5, 5.41) is 2.78. The number of anilines is 1. The van der Waals surface area contributed by atoms with E-state index in [-0.39, 0.29) is 18.3 Å². The number of methoxy groups -OCH3 is 1. The Bertz CT molecular complexity index is 776. The summed E-state index contributed by atoms with van der Waals surface area (Å²) >= 11 is 0. The van der Waals surface area contributed by atoms with Crippen molar-refractivity contribution in [1.82, 2.24) is 15.2 Å². The lowest BCUT2D eigenvalue weighted by Gasteiger charge is -2.34. The fourth-order valence-corrected chi connectivity index (χ4v) is 2.98. The molecule has 2 aromatic rings. The molecule has 0 unspecified atom stereocenters. The van der Waals surface area contributed by atoms with E-state index in [9.17, 15) is 9.18 Å². The number of piperazine rings is 1. The maximum absolute atomic E-state index is 14.5. The van der Waals surface area contributed by atoms with Crippen molar-refractivity contribution < 1.29 is 13.9 Å². The molecular formula is C19H23FN4O2. The number of aromatic nitrogens is 1. The number of carbonyl (C=O) groups is 1. The molecule has 0 atom stereocenters. The fourth-order valence-electron chi connectivity index (χ4n) is 2.98. The second kappa shape index (κ2) is 8.14. The van der Waals surface area contributed by atoms with E-state index in [4.69, 9.17) is 4.74 Å². The van der Waals surface area contributed by atoms with Gasteiger partial charge in [-0.2, -0.15) is 0 Å². The Labute approximate surface area is 152 Å². The van der Waals surface area contributed by atoms with E-state index in [1.807, 2.05) is 4.90 Å². The van der Waals surface area contributed by atoms with Gasteiger partial charge in [0.1, 0.15) is 11.6 Å². The van der Waals surface area contributed by atoms with Gasteiger partial charge in [-0.3, -0.25) is 9.78 Å². The number of rotatable bonds is 5. The van der Waals surface area contributed by atoms with E-state index in [1.54, 1.807) is 37.7 Å². The highest BCUT2D eigenvalue weighted by Gasteiger charge is 2.18. The van der Waals surface area contributed by atoms with E-state index < -0.39 is 0 Å². The predicted octanol–water partition coefficient (Wildman–Crippen LogP) is 1.91. The molecular weight excluding hydrogens is 335 g/mol. The van der Waals surface area contributed by atoms with Gasteiger partial charge < -0.3 is 19.9 Å². The lowest BCUT2D eigenvalue weighted by Crippen LogP contribution is -2.44. The molecule has 26 heavy (non-hydrogen) atoms. The smallest absolute Gasteiger partial charge is 0.251 e. The molecule has 1 fully saturated rings. The Morgan fingerprint density at radius 3 is 2.73 bits per heavy atom. The first-order chi connectivity index (χ1) is 12.6. The van der Waals surface area contributed by atoms with Crippen molar-refractivity contribution in [2.75, 3.05) is 45.2 Å². The van der Waals surface area contributed by atoms with Crippen LogP contribution in [0.1, 0.15) is 15.9 Å². The Kier molecular flexibility index (Phi) is 5.68. The fraction of sp³-hybridized carbons (Fsp3) is 0.368. The Balaban J connectivity index is 1.65. The zero-order chi connectivity index (χ0) is 18.5. The number of carbonyl (C=O) groups excluding carboxylic acids is 1. The van der Waals surface area contributed by atoms with Gasteiger partial charge in [-0.25, -0.2) is 4.39 Å². The normalized spacial score (nSPS) is 15.0. The first-order valence-corrected chi connectivity index (χ1v) is 8.56. The molecule has 1 aliphatic heterocycles. The summed E-state index contributed by atoms with van der Waals surface area (Å²) in [4.78, 5) is 20.6. The van der Waals surface area contributed by atoms with Crippen LogP contribution in [0.25, 0.3) is 0 Å². The van der Waals surface area contributed by atoms with Gasteiger partial charge in [0.15, 0.2) is 0 Å². The number of nitrogens with one attached hydrogen (secondary N) is 1. The number of benzene rings is 1. The highest BCUT2D eigenvalue weighted by Crippen LogP contribution is 2.22. The van der Waals surface area contributed by atoms with E-state index in [2.05, 4.69) is 22.2 Å². The lowest BCUT2D eigenvalue weighted by molar-refractivity contribution is 0.0950. The molecule has 7 heteroatoms. The summed E-state index contributed by atoms with van der Waals surface area (Å²) in [6.45, 7) is 3.61. The molecule has 0 bridgehead atoms. The zero-order valence-electron chi connectivity index (χ0n) is 15.0. The first-order valence-electron chi connectivity index (χ1n) is 8.56. The van der Waals surface area contributed by atoms with Gasteiger partial charge in [-0.15, -0.1) is 0 Å². The number of hydrogen-bond donors (Lipinski definition) is 1. The number of ether oxygens (including phenoxy) is 1. The molecule has 0 saturated carbocycles. The summed E-state index contributed by atoms with van der Waals surface area (Å²) in [5.74, 6) is -0.0576. The molecule has 1 aliphatic rings. The van der Waals surface area contributed by atoms with Crippen molar-refractivity contribution in [3.63, 3.8) is 0 Å². The second-order valence-corrected chi connectivity index (χ2v) is 6.33. The third kappa shape index (κ3) is 4.11. The quantitative estimate of drug-likeness (QED) is 0.885. The minimum atomic E-state index is -0.374. The van der Waals surface area contributed by atoms with Crippen LogP contribution in [0.2, 0.25) is 0 Å². The van der Waals surface area contributed by atoms with Gasteiger partial charge in [0.05, 0.1) is 12.8 Å². The van der Waals surface area contributed by atoms with E-state index in [0.29, 0.717) is 17.0 Å². The van der Waals surface area contributed by atoms with E-state index in [0.717, 1.165) is 31.7 Å². The van der Waals surface area contributed by atoms with Crippen LogP contribution in [-0.2, 0) is 6.54 Å². The molecule has 138 valence electrons. The Morgan fingerprint density at radius 2 is 2.04 bits per heavy atom. The number of amides is 1. The van der Waals surface area contributed by atoms with Crippen LogP contribution in [0.5, 0.6) is 5.75 Å². The molecule has 1 saturated heterocycles. The minimum absolute atomic E-state index is 0.262. The minimum Gasteiger partial charge on any atom is -0.496 e. The number of nitrogens with zero attached hydrogens (tertiary/aromatic N) is 3. The molecule has 1 aromatic carbocycles. The topological polar surface area (TPSA) is 57.7 Å². The molecule has 0 radical (unpaired) electrons. The SMILES string of the molecule is COc1ccncc1CNC(=O)c1ccc(N2CCN(C)CC2)c(F)c1. The van der Waals surface area contributed by atoms with Crippen LogP contribution in [-0.4, -0.2) is 56.1 Å². The molecule has 3 rings (SSSR count). The van der Waals surface area contributed by atoms with E-state index >= 15 is 0 Å².